The predicted octanol–water partition coefficient (Wildman–Crippen LogP) is 4.59. The van der Waals surface area contributed by atoms with E-state index < -0.39 is 23.7 Å². The van der Waals surface area contributed by atoms with Gasteiger partial charge in [-0.25, -0.2) is 4.79 Å². The molecule has 0 aliphatic heterocycles. The van der Waals surface area contributed by atoms with Crippen molar-refractivity contribution in [2.75, 3.05) is 0 Å². The van der Waals surface area contributed by atoms with Crippen molar-refractivity contribution in [3.05, 3.63) is 83.4 Å². The SMILES string of the molecule is CC1=CCC(OC(=O)C(O)C(NC(=O)c2ccccc2)c2ccccc2)(C(C)C)CC1. The third kappa shape index (κ3) is 5.42. The zero-order valence-electron chi connectivity index (χ0n) is 18.4. The molecule has 3 rings (SSSR count). The van der Waals surface area contributed by atoms with Gasteiger partial charge in [-0.15, -0.1) is 0 Å². The van der Waals surface area contributed by atoms with Crippen molar-refractivity contribution in [2.45, 2.75) is 57.8 Å². The van der Waals surface area contributed by atoms with Crippen molar-refractivity contribution in [2.24, 2.45) is 5.92 Å². The van der Waals surface area contributed by atoms with Gasteiger partial charge in [0.2, 0.25) is 0 Å². The fraction of sp³-hybridized carbons (Fsp3) is 0.385. The molecule has 0 heterocycles. The second kappa shape index (κ2) is 9.92. The van der Waals surface area contributed by atoms with Crippen LogP contribution < -0.4 is 5.32 Å². The first kappa shape index (κ1) is 22.8. The number of benzene rings is 2. The Morgan fingerprint density at radius 2 is 1.65 bits per heavy atom. The van der Waals surface area contributed by atoms with Crippen LogP contribution in [-0.4, -0.2) is 28.7 Å². The molecular weight excluding hydrogens is 390 g/mol. The minimum atomic E-state index is -1.53. The highest BCUT2D eigenvalue weighted by atomic mass is 16.6. The lowest BCUT2D eigenvalue weighted by Gasteiger charge is -2.40. The molecule has 0 aromatic heterocycles. The van der Waals surface area contributed by atoms with Crippen LogP contribution >= 0.6 is 0 Å². The second-order valence-corrected chi connectivity index (χ2v) is 8.57. The van der Waals surface area contributed by atoms with Crippen molar-refractivity contribution in [1.82, 2.24) is 5.32 Å². The number of carbonyl (C=O) groups is 2. The summed E-state index contributed by atoms with van der Waals surface area (Å²) in [6, 6.07) is 16.8. The Balaban J connectivity index is 1.83. The molecule has 0 spiro atoms. The number of aliphatic hydroxyl groups is 1. The number of ether oxygens (including phenoxy) is 1. The first-order valence-corrected chi connectivity index (χ1v) is 10.8. The van der Waals surface area contributed by atoms with E-state index in [1.807, 2.05) is 26.0 Å². The molecule has 5 heteroatoms. The molecule has 3 atom stereocenters. The molecule has 1 amide bonds. The summed E-state index contributed by atoms with van der Waals surface area (Å²) in [5, 5.41) is 13.8. The minimum Gasteiger partial charge on any atom is -0.456 e. The number of carbonyl (C=O) groups excluding carboxylic acids is 2. The molecule has 3 unspecified atom stereocenters. The van der Waals surface area contributed by atoms with E-state index in [2.05, 4.69) is 18.3 Å². The highest BCUT2D eigenvalue weighted by Gasteiger charge is 2.41. The number of nitrogens with one attached hydrogen (secondary N) is 1. The third-order valence-electron chi connectivity index (χ3n) is 6.13. The van der Waals surface area contributed by atoms with Crippen LogP contribution in [-0.2, 0) is 9.53 Å². The van der Waals surface area contributed by atoms with Crippen LogP contribution in [0.3, 0.4) is 0 Å². The van der Waals surface area contributed by atoms with E-state index in [0.29, 0.717) is 17.5 Å². The Labute approximate surface area is 184 Å². The van der Waals surface area contributed by atoms with Gasteiger partial charge in [0.25, 0.3) is 5.91 Å². The highest BCUT2D eigenvalue weighted by Crippen LogP contribution is 2.37. The van der Waals surface area contributed by atoms with E-state index in [-0.39, 0.29) is 11.8 Å². The summed E-state index contributed by atoms with van der Waals surface area (Å²) < 4.78 is 5.96. The van der Waals surface area contributed by atoms with E-state index >= 15 is 0 Å². The maximum absolute atomic E-state index is 13.1. The molecular formula is C26H31NO4. The molecule has 5 nitrogen and oxygen atoms in total. The zero-order chi connectivity index (χ0) is 22.4. The maximum atomic E-state index is 13.1. The number of hydrogen-bond acceptors (Lipinski definition) is 4. The quantitative estimate of drug-likeness (QED) is 0.507. The van der Waals surface area contributed by atoms with Gasteiger partial charge in [-0.05, 0) is 43.4 Å². The third-order valence-corrected chi connectivity index (χ3v) is 6.13. The highest BCUT2D eigenvalue weighted by molar-refractivity contribution is 5.94. The van der Waals surface area contributed by atoms with Crippen LogP contribution in [0.4, 0.5) is 0 Å². The fourth-order valence-electron chi connectivity index (χ4n) is 3.91. The normalized spacial score (nSPS) is 20.5. The molecule has 31 heavy (non-hydrogen) atoms. The average molecular weight is 422 g/mol. The second-order valence-electron chi connectivity index (χ2n) is 8.57. The minimum absolute atomic E-state index is 0.0992. The van der Waals surface area contributed by atoms with Crippen molar-refractivity contribution in [1.29, 1.82) is 0 Å². The summed E-state index contributed by atoms with van der Waals surface area (Å²) in [6.45, 7) is 6.13. The lowest BCUT2D eigenvalue weighted by Crippen LogP contribution is -2.47. The predicted molar refractivity (Wildman–Crippen MR) is 120 cm³/mol. The first-order chi connectivity index (χ1) is 14.8. The van der Waals surface area contributed by atoms with Gasteiger partial charge in [-0.3, -0.25) is 4.79 Å². The Hall–Kier alpha value is -2.92. The van der Waals surface area contributed by atoms with Crippen LogP contribution in [0, 0.1) is 5.92 Å². The largest absolute Gasteiger partial charge is 0.456 e. The number of amides is 1. The molecule has 2 aromatic rings. The summed E-state index contributed by atoms with van der Waals surface area (Å²) in [5.41, 5.74) is 1.72. The maximum Gasteiger partial charge on any atom is 0.338 e. The molecule has 164 valence electrons. The van der Waals surface area contributed by atoms with Crippen LogP contribution in [0.25, 0.3) is 0 Å². The van der Waals surface area contributed by atoms with Gasteiger partial charge in [0, 0.05) is 12.0 Å². The van der Waals surface area contributed by atoms with Gasteiger partial charge in [0.1, 0.15) is 5.60 Å². The number of allylic oxidation sites excluding steroid dienone is 1. The van der Waals surface area contributed by atoms with Crippen molar-refractivity contribution in [3.8, 4) is 0 Å². The van der Waals surface area contributed by atoms with E-state index in [9.17, 15) is 14.7 Å². The molecule has 0 saturated carbocycles. The summed E-state index contributed by atoms with van der Waals surface area (Å²) in [6.07, 6.45) is 2.78. The van der Waals surface area contributed by atoms with E-state index in [1.165, 1.54) is 5.57 Å². The Morgan fingerprint density at radius 3 is 2.19 bits per heavy atom. The molecule has 0 saturated heterocycles. The van der Waals surface area contributed by atoms with Gasteiger partial charge in [-0.1, -0.05) is 74.0 Å². The summed E-state index contributed by atoms with van der Waals surface area (Å²) in [5.74, 6) is -0.984. The fourth-order valence-corrected chi connectivity index (χ4v) is 3.91. The van der Waals surface area contributed by atoms with Crippen LogP contribution in [0.15, 0.2) is 72.3 Å². The first-order valence-electron chi connectivity index (χ1n) is 10.8. The zero-order valence-corrected chi connectivity index (χ0v) is 18.4. The van der Waals surface area contributed by atoms with Crippen molar-refractivity contribution < 1.29 is 19.4 Å². The lowest BCUT2D eigenvalue weighted by molar-refractivity contribution is -0.178. The summed E-state index contributed by atoms with van der Waals surface area (Å²) >= 11 is 0. The monoisotopic (exact) mass is 421 g/mol. The standard InChI is InChI=1S/C26H31NO4/c1-18(2)26(16-14-19(3)15-17-26)31-25(30)23(28)22(20-10-6-4-7-11-20)27-24(29)21-12-8-5-9-13-21/h4-14,18,22-23,28H,15-17H2,1-3H3,(H,27,29). The van der Waals surface area contributed by atoms with Gasteiger partial charge in [0.15, 0.2) is 6.10 Å². The van der Waals surface area contributed by atoms with Crippen molar-refractivity contribution in [3.63, 3.8) is 0 Å². The molecule has 1 aliphatic carbocycles. The lowest BCUT2D eigenvalue weighted by atomic mass is 9.78. The number of aliphatic hydroxyl groups excluding tert-OH is 1. The molecule has 0 fully saturated rings. The van der Waals surface area contributed by atoms with E-state index in [4.69, 9.17) is 4.74 Å². The number of rotatable bonds is 7. The van der Waals surface area contributed by atoms with Gasteiger partial charge in [-0.2, -0.15) is 0 Å². The van der Waals surface area contributed by atoms with E-state index in [0.717, 1.165) is 12.8 Å². The molecule has 2 N–H and O–H groups in total. The number of hydrogen-bond donors (Lipinski definition) is 2. The summed E-state index contributed by atoms with van der Waals surface area (Å²) in [4.78, 5) is 25.9. The number of esters is 1. The van der Waals surface area contributed by atoms with Crippen molar-refractivity contribution >= 4 is 11.9 Å². The van der Waals surface area contributed by atoms with E-state index in [1.54, 1.807) is 48.5 Å². The Morgan fingerprint density at radius 1 is 1.03 bits per heavy atom. The Bertz CT molecular complexity index is 923. The Kier molecular flexibility index (Phi) is 7.29. The smallest absolute Gasteiger partial charge is 0.338 e. The molecule has 0 radical (unpaired) electrons. The molecule has 0 bridgehead atoms. The van der Waals surface area contributed by atoms with Crippen LogP contribution in [0.2, 0.25) is 0 Å². The van der Waals surface area contributed by atoms with Crippen LogP contribution in [0.5, 0.6) is 0 Å². The topological polar surface area (TPSA) is 75.6 Å². The molecule has 2 aromatic carbocycles. The summed E-state index contributed by atoms with van der Waals surface area (Å²) in [7, 11) is 0. The van der Waals surface area contributed by atoms with Gasteiger partial charge >= 0.3 is 5.97 Å². The molecule has 1 aliphatic rings. The average Bonchev–Trinajstić information content (AvgIpc) is 2.79. The van der Waals surface area contributed by atoms with Gasteiger partial charge < -0.3 is 15.2 Å². The van der Waals surface area contributed by atoms with Gasteiger partial charge in [0.05, 0.1) is 6.04 Å². The van der Waals surface area contributed by atoms with Crippen LogP contribution in [0.1, 0.15) is 62.0 Å².